The summed E-state index contributed by atoms with van der Waals surface area (Å²) in [6, 6.07) is 22.2. The molecule has 174 valence electrons. The molecule has 0 fully saturated rings. The Bertz CT molecular complexity index is 1340. The summed E-state index contributed by atoms with van der Waals surface area (Å²) >= 11 is 0. The van der Waals surface area contributed by atoms with Gasteiger partial charge in [-0.1, -0.05) is 0 Å². The van der Waals surface area contributed by atoms with E-state index in [1.807, 2.05) is 24.3 Å². The molecule has 9 nitrogen and oxygen atoms in total. The molecular formula is C24H23N5O4S. The van der Waals surface area contributed by atoms with E-state index in [-0.39, 0.29) is 4.90 Å². The van der Waals surface area contributed by atoms with E-state index >= 15 is 0 Å². The highest BCUT2D eigenvalue weighted by Crippen LogP contribution is 2.23. The number of benzene rings is 3. The monoisotopic (exact) mass is 477 g/mol. The molecule has 4 rings (SSSR count). The van der Waals surface area contributed by atoms with Crippen molar-refractivity contribution in [2.24, 2.45) is 0 Å². The van der Waals surface area contributed by atoms with Crippen molar-refractivity contribution in [2.45, 2.75) is 4.90 Å². The highest BCUT2D eigenvalue weighted by atomic mass is 32.2. The third kappa shape index (κ3) is 5.73. The maximum Gasteiger partial charge on any atom is 0.261 e. The molecule has 3 aromatic carbocycles. The van der Waals surface area contributed by atoms with Crippen LogP contribution in [-0.4, -0.2) is 32.6 Å². The van der Waals surface area contributed by atoms with E-state index in [2.05, 4.69) is 25.3 Å². The summed E-state index contributed by atoms with van der Waals surface area (Å²) in [5, 5.41) is 6.32. The lowest BCUT2D eigenvalue weighted by molar-refractivity contribution is 0.414. The molecule has 1 heterocycles. The summed E-state index contributed by atoms with van der Waals surface area (Å²) in [5.74, 6) is 2.36. The minimum absolute atomic E-state index is 0.144. The number of rotatable bonds is 9. The molecule has 0 unspecified atom stereocenters. The normalized spacial score (nSPS) is 10.9. The number of nitrogens with one attached hydrogen (secondary N) is 3. The topological polar surface area (TPSA) is 114 Å². The maximum absolute atomic E-state index is 12.6. The van der Waals surface area contributed by atoms with Crippen LogP contribution >= 0.6 is 0 Å². The maximum atomic E-state index is 12.6. The lowest BCUT2D eigenvalue weighted by Crippen LogP contribution is -2.12. The van der Waals surface area contributed by atoms with Crippen LogP contribution in [0.25, 0.3) is 0 Å². The molecule has 34 heavy (non-hydrogen) atoms. The Morgan fingerprint density at radius 1 is 0.676 bits per heavy atom. The molecule has 0 aliphatic heterocycles. The number of hydrogen-bond donors (Lipinski definition) is 3. The van der Waals surface area contributed by atoms with Crippen LogP contribution < -0.4 is 24.8 Å². The van der Waals surface area contributed by atoms with E-state index in [4.69, 9.17) is 9.47 Å². The van der Waals surface area contributed by atoms with E-state index in [0.717, 1.165) is 11.4 Å². The Balaban J connectivity index is 1.40. The first-order valence-electron chi connectivity index (χ1n) is 10.2. The molecule has 0 spiro atoms. The summed E-state index contributed by atoms with van der Waals surface area (Å²) < 4.78 is 38.0. The van der Waals surface area contributed by atoms with Gasteiger partial charge in [-0.25, -0.2) is 13.4 Å². The van der Waals surface area contributed by atoms with Gasteiger partial charge in [0.25, 0.3) is 10.0 Å². The fraction of sp³-hybridized carbons (Fsp3) is 0.0833. The van der Waals surface area contributed by atoms with Crippen molar-refractivity contribution >= 4 is 38.9 Å². The second-order valence-corrected chi connectivity index (χ2v) is 8.78. The first-order valence-corrected chi connectivity index (χ1v) is 11.7. The van der Waals surface area contributed by atoms with Crippen molar-refractivity contribution in [3.05, 3.63) is 85.1 Å². The van der Waals surface area contributed by atoms with Crippen molar-refractivity contribution in [3.8, 4) is 11.5 Å². The number of methoxy groups -OCH3 is 2. The summed E-state index contributed by atoms with van der Waals surface area (Å²) in [6.07, 6.45) is 1.64. The predicted octanol–water partition coefficient (Wildman–Crippen LogP) is 4.78. The van der Waals surface area contributed by atoms with E-state index < -0.39 is 10.0 Å². The highest BCUT2D eigenvalue weighted by Gasteiger charge is 2.14. The smallest absolute Gasteiger partial charge is 0.261 e. The molecule has 4 aromatic rings. The van der Waals surface area contributed by atoms with Crippen molar-refractivity contribution < 1.29 is 17.9 Å². The molecular weight excluding hydrogens is 454 g/mol. The highest BCUT2D eigenvalue weighted by molar-refractivity contribution is 7.92. The van der Waals surface area contributed by atoms with Crippen LogP contribution in [0.1, 0.15) is 0 Å². The molecule has 0 radical (unpaired) electrons. The number of aromatic nitrogens is 2. The van der Waals surface area contributed by atoms with Gasteiger partial charge in [0, 0.05) is 23.3 Å². The van der Waals surface area contributed by atoms with Gasteiger partial charge >= 0.3 is 0 Å². The molecule has 0 aliphatic carbocycles. The van der Waals surface area contributed by atoms with Gasteiger partial charge in [0.15, 0.2) is 0 Å². The third-order valence-electron chi connectivity index (χ3n) is 4.78. The number of hydrogen-bond acceptors (Lipinski definition) is 8. The van der Waals surface area contributed by atoms with Crippen LogP contribution in [0.15, 0.2) is 90.0 Å². The zero-order chi connectivity index (χ0) is 24.0. The van der Waals surface area contributed by atoms with Crippen LogP contribution in [0.3, 0.4) is 0 Å². The zero-order valence-electron chi connectivity index (χ0n) is 18.5. The average Bonchev–Trinajstić information content (AvgIpc) is 2.86. The lowest BCUT2D eigenvalue weighted by Gasteiger charge is -2.11. The van der Waals surface area contributed by atoms with Crippen molar-refractivity contribution in [1.82, 2.24) is 9.97 Å². The summed E-state index contributed by atoms with van der Waals surface area (Å²) in [4.78, 5) is 8.83. The molecule has 1 aromatic heterocycles. The lowest BCUT2D eigenvalue weighted by atomic mass is 10.3. The zero-order valence-corrected chi connectivity index (χ0v) is 19.3. The van der Waals surface area contributed by atoms with Crippen LogP contribution in [0.5, 0.6) is 11.5 Å². The van der Waals surface area contributed by atoms with Crippen molar-refractivity contribution in [3.63, 3.8) is 0 Å². The van der Waals surface area contributed by atoms with Gasteiger partial charge in [-0.2, -0.15) is 4.98 Å². The second-order valence-electron chi connectivity index (χ2n) is 7.10. The SMILES string of the molecule is COc1ccc(Nc2ccnc(Nc3ccc(NS(=O)(=O)c4ccc(OC)cc4)cc3)n2)cc1. The largest absolute Gasteiger partial charge is 0.497 e. The Labute approximate surface area is 197 Å². The summed E-state index contributed by atoms with van der Waals surface area (Å²) in [6.45, 7) is 0. The van der Waals surface area contributed by atoms with E-state index in [0.29, 0.717) is 28.9 Å². The molecule has 0 saturated carbocycles. The van der Waals surface area contributed by atoms with Gasteiger partial charge in [0.2, 0.25) is 5.95 Å². The van der Waals surface area contributed by atoms with E-state index in [9.17, 15) is 8.42 Å². The van der Waals surface area contributed by atoms with Crippen LogP contribution in [0.4, 0.5) is 28.8 Å². The predicted molar refractivity (Wildman–Crippen MR) is 132 cm³/mol. The minimum atomic E-state index is -3.72. The van der Waals surface area contributed by atoms with Crippen LogP contribution in [0.2, 0.25) is 0 Å². The summed E-state index contributed by atoms with van der Waals surface area (Å²) in [5.41, 5.74) is 1.99. The van der Waals surface area contributed by atoms with E-state index in [1.54, 1.807) is 55.8 Å². The number of nitrogens with zero attached hydrogens (tertiary/aromatic N) is 2. The second kappa shape index (κ2) is 10.1. The number of anilines is 5. The Morgan fingerprint density at radius 2 is 1.21 bits per heavy atom. The molecule has 0 bridgehead atoms. The summed E-state index contributed by atoms with van der Waals surface area (Å²) in [7, 11) is -0.575. The van der Waals surface area contributed by atoms with Crippen LogP contribution in [-0.2, 0) is 10.0 Å². The van der Waals surface area contributed by atoms with Gasteiger partial charge in [0.1, 0.15) is 17.3 Å². The van der Waals surface area contributed by atoms with Crippen molar-refractivity contribution in [1.29, 1.82) is 0 Å². The Hall–Kier alpha value is -4.31. The van der Waals surface area contributed by atoms with Gasteiger partial charge < -0.3 is 20.1 Å². The first kappa shape index (κ1) is 22.9. The van der Waals surface area contributed by atoms with Gasteiger partial charge in [-0.05, 0) is 78.9 Å². The van der Waals surface area contributed by atoms with Crippen molar-refractivity contribution in [2.75, 3.05) is 29.6 Å². The fourth-order valence-electron chi connectivity index (χ4n) is 3.03. The minimum Gasteiger partial charge on any atom is -0.497 e. The standard InChI is InChI=1S/C24H23N5O4S/c1-32-20-9-7-17(8-10-20)26-23-15-16-25-24(28-23)27-18-3-5-19(6-4-18)29-34(30,31)22-13-11-21(33-2)12-14-22/h3-16,29H,1-2H3,(H2,25,26,27,28). The van der Waals surface area contributed by atoms with Gasteiger partial charge in [0.05, 0.1) is 19.1 Å². The Morgan fingerprint density at radius 3 is 1.82 bits per heavy atom. The Kier molecular flexibility index (Phi) is 6.79. The fourth-order valence-corrected chi connectivity index (χ4v) is 4.09. The van der Waals surface area contributed by atoms with Gasteiger partial charge in [-0.3, -0.25) is 4.72 Å². The molecule has 0 amide bonds. The first-order chi connectivity index (χ1) is 16.4. The molecule has 3 N–H and O–H groups in total. The third-order valence-corrected chi connectivity index (χ3v) is 6.18. The quantitative estimate of drug-likeness (QED) is 0.315. The molecule has 0 aliphatic rings. The molecule has 10 heteroatoms. The molecule has 0 atom stereocenters. The molecule has 0 saturated heterocycles. The average molecular weight is 478 g/mol. The van der Waals surface area contributed by atoms with E-state index in [1.165, 1.54) is 19.2 Å². The van der Waals surface area contributed by atoms with Gasteiger partial charge in [-0.15, -0.1) is 0 Å². The number of sulfonamides is 1. The number of ether oxygens (including phenoxy) is 2. The van der Waals surface area contributed by atoms with Crippen LogP contribution in [0, 0.1) is 0 Å².